The molecule has 4 rings (SSSR count). The van der Waals surface area contributed by atoms with E-state index in [-0.39, 0.29) is 5.91 Å². The van der Waals surface area contributed by atoms with Crippen LogP contribution in [0.4, 0.5) is 0 Å². The van der Waals surface area contributed by atoms with E-state index in [1.54, 1.807) is 0 Å². The molecule has 0 aromatic carbocycles. The Labute approximate surface area is 125 Å². The van der Waals surface area contributed by atoms with Crippen molar-refractivity contribution in [3.8, 4) is 0 Å². The van der Waals surface area contributed by atoms with Crippen LogP contribution in [0.3, 0.4) is 0 Å². The van der Waals surface area contributed by atoms with Crippen molar-refractivity contribution in [2.45, 2.75) is 50.5 Å². The summed E-state index contributed by atoms with van der Waals surface area (Å²) in [4.78, 5) is 17.3. The summed E-state index contributed by atoms with van der Waals surface area (Å²) in [6.07, 6.45) is 7.36. The predicted molar refractivity (Wildman–Crippen MR) is 80.3 cm³/mol. The lowest BCUT2D eigenvalue weighted by Crippen LogP contribution is -2.42. The van der Waals surface area contributed by atoms with E-state index in [9.17, 15) is 4.79 Å². The van der Waals surface area contributed by atoms with Crippen LogP contribution < -0.4 is 0 Å². The van der Waals surface area contributed by atoms with E-state index in [0.717, 1.165) is 31.6 Å². The summed E-state index contributed by atoms with van der Waals surface area (Å²) in [5, 5.41) is 7.31. The van der Waals surface area contributed by atoms with Crippen molar-refractivity contribution in [2.24, 2.45) is 0 Å². The Kier molecular flexibility index (Phi) is 3.45. The third-order valence-corrected chi connectivity index (χ3v) is 5.14. The molecule has 1 amide bonds. The second-order valence-corrected chi connectivity index (χ2v) is 6.79. The lowest BCUT2D eigenvalue weighted by atomic mass is 10.2. The van der Waals surface area contributed by atoms with E-state index in [1.807, 2.05) is 6.07 Å². The fourth-order valence-electron chi connectivity index (χ4n) is 3.75. The number of nitrogens with one attached hydrogen (secondary N) is 1. The van der Waals surface area contributed by atoms with E-state index >= 15 is 0 Å². The molecular formula is C16H24N4O. The average Bonchev–Trinajstić information content (AvgIpc) is 2.96. The first-order valence-electron chi connectivity index (χ1n) is 8.40. The number of aromatic amines is 1. The molecular weight excluding hydrogens is 264 g/mol. The first kappa shape index (κ1) is 13.3. The van der Waals surface area contributed by atoms with Crippen molar-refractivity contribution in [1.29, 1.82) is 0 Å². The van der Waals surface area contributed by atoms with Crippen LogP contribution in [0.15, 0.2) is 6.07 Å². The maximum Gasteiger partial charge on any atom is 0.274 e. The summed E-state index contributed by atoms with van der Waals surface area (Å²) in [5.74, 6) is 0.748. The lowest BCUT2D eigenvalue weighted by Gasteiger charge is -2.28. The molecule has 1 aromatic rings. The summed E-state index contributed by atoms with van der Waals surface area (Å²) >= 11 is 0. The molecule has 3 fully saturated rings. The van der Waals surface area contributed by atoms with E-state index in [2.05, 4.69) is 20.0 Å². The highest BCUT2D eigenvalue weighted by molar-refractivity contribution is 5.92. The summed E-state index contributed by atoms with van der Waals surface area (Å²) in [6, 6.07) is 2.36. The molecule has 0 bridgehead atoms. The van der Waals surface area contributed by atoms with E-state index in [0.29, 0.717) is 17.7 Å². The molecule has 1 saturated carbocycles. The van der Waals surface area contributed by atoms with Crippen LogP contribution >= 0.6 is 0 Å². The Hall–Kier alpha value is -1.36. The minimum atomic E-state index is 0.125. The Morgan fingerprint density at radius 1 is 1.19 bits per heavy atom. The molecule has 1 N–H and O–H groups in total. The highest BCUT2D eigenvalue weighted by atomic mass is 16.2. The summed E-state index contributed by atoms with van der Waals surface area (Å²) in [7, 11) is 0. The summed E-state index contributed by atoms with van der Waals surface area (Å²) in [5.41, 5.74) is 1.76. The van der Waals surface area contributed by atoms with E-state index in [4.69, 9.17) is 0 Å². The molecule has 21 heavy (non-hydrogen) atoms. The third kappa shape index (κ3) is 2.71. The SMILES string of the molecule is O=C(c1cc(C2CC2)[nH]n1)N1CCC[C@@H]1CN1CCCC1. The number of nitrogens with zero attached hydrogens (tertiary/aromatic N) is 3. The summed E-state index contributed by atoms with van der Waals surface area (Å²) in [6.45, 7) is 4.34. The van der Waals surface area contributed by atoms with Gasteiger partial charge in [0.15, 0.2) is 0 Å². The van der Waals surface area contributed by atoms with Crippen LogP contribution in [0, 0.1) is 0 Å². The Bertz CT molecular complexity index is 516. The van der Waals surface area contributed by atoms with Gasteiger partial charge in [-0.2, -0.15) is 5.10 Å². The van der Waals surface area contributed by atoms with E-state index < -0.39 is 0 Å². The largest absolute Gasteiger partial charge is 0.333 e. The molecule has 1 aromatic heterocycles. The topological polar surface area (TPSA) is 52.2 Å². The minimum Gasteiger partial charge on any atom is -0.333 e. The molecule has 5 nitrogen and oxygen atoms in total. The first-order chi connectivity index (χ1) is 10.3. The number of amides is 1. The van der Waals surface area contributed by atoms with Crippen molar-refractivity contribution >= 4 is 5.91 Å². The number of hydrogen-bond donors (Lipinski definition) is 1. The van der Waals surface area contributed by atoms with Gasteiger partial charge in [-0.15, -0.1) is 0 Å². The minimum absolute atomic E-state index is 0.125. The molecule has 0 unspecified atom stereocenters. The summed E-state index contributed by atoms with van der Waals surface area (Å²) < 4.78 is 0. The average molecular weight is 288 g/mol. The molecule has 0 radical (unpaired) electrons. The van der Waals surface area contributed by atoms with E-state index in [1.165, 1.54) is 38.8 Å². The zero-order chi connectivity index (χ0) is 14.2. The van der Waals surface area contributed by atoms with Crippen LogP contribution in [0.2, 0.25) is 0 Å². The molecule has 3 aliphatic rings. The maximum atomic E-state index is 12.7. The fraction of sp³-hybridized carbons (Fsp3) is 0.750. The van der Waals surface area contributed by atoms with Crippen molar-refractivity contribution in [3.63, 3.8) is 0 Å². The van der Waals surface area contributed by atoms with Crippen molar-refractivity contribution in [2.75, 3.05) is 26.2 Å². The molecule has 3 heterocycles. The molecule has 0 spiro atoms. The van der Waals surface area contributed by atoms with Gasteiger partial charge in [0.05, 0.1) is 0 Å². The lowest BCUT2D eigenvalue weighted by molar-refractivity contribution is 0.0703. The van der Waals surface area contributed by atoms with Crippen LogP contribution in [0.5, 0.6) is 0 Å². The number of aromatic nitrogens is 2. The smallest absolute Gasteiger partial charge is 0.274 e. The van der Waals surface area contributed by atoms with Crippen LogP contribution in [-0.4, -0.2) is 58.1 Å². The normalized spacial score (nSPS) is 26.7. The van der Waals surface area contributed by atoms with Crippen LogP contribution in [-0.2, 0) is 0 Å². The van der Waals surface area contributed by atoms with Gasteiger partial charge >= 0.3 is 0 Å². The number of H-pyrrole nitrogens is 1. The number of carbonyl (C=O) groups is 1. The highest BCUT2D eigenvalue weighted by Gasteiger charge is 2.33. The fourth-order valence-corrected chi connectivity index (χ4v) is 3.75. The Morgan fingerprint density at radius 3 is 2.76 bits per heavy atom. The van der Waals surface area contributed by atoms with Gasteiger partial charge < -0.3 is 9.80 Å². The predicted octanol–water partition coefficient (Wildman–Crippen LogP) is 1.99. The number of likely N-dealkylation sites (tertiary alicyclic amines) is 2. The Balaban J connectivity index is 1.43. The molecule has 1 atom stereocenters. The highest BCUT2D eigenvalue weighted by Crippen LogP contribution is 2.39. The van der Waals surface area contributed by atoms with Gasteiger partial charge in [-0.05, 0) is 57.7 Å². The van der Waals surface area contributed by atoms with Gasteiger partial charge in [0.1, 0.15) is 5.69 Å². The number of hydrogen-bond acceptors (Lipinski definition) is 3. The third-order valence-electron chi connectivity index (χ3n) is 5.14. The molecule has 2 aliphatic heterocycles. The van der Waals surface area contributed by atoms with Gasteiger partial charge in [-0.1, -0.05) is 0 Å². The monoisotopic (exact) mass is 288 g/mol. The first-order valence-corrected chi connectivity index (χ1v) is 8.40. The molecule has 114 valence electrons. The second kappa shape index (κ2) is 5.44. The quantitative estimate of drug-likeness (QED) is 0.922. The van der Waals surface area contributed by atoms with Gasteiger partial charge in [0.25, 0.3) is 5.91 Å². The zero-order valence-corrected chi connectivity index (χ0v) is 12.6. The van der Waals surface area contributed by atoms with Crippen LogP contribution in [0.1, 0.15) is 60.6 Å². The standard InChI is InChI=1S/C16H24N4O/c21-16(15-10-14(17-18-15)12-5-6-12)20-9-3-4-13(20)11-19-7-1-2-8-19/h10,12-13H,1-9,11H2,(H,17,18)/t13-/m1/s1. The molecule has 5 heteroatoms. The van der Waals surface area contributed by atoms with Gasteiger partial charge in [0, 0.05) is 30.7 Å². The number of rotatable bonds is 4. The van der Waals surface area contributed by atoms with Gasteiger partial charge in [-0.3, -0.25) is 9.89 Å². The maximum absolute atomic E-state index is 12.7. The van der Waals surface area contributed by atoms with Crippen molar-refractivity contribution in [3.05, 3.63) is 17.5 Å². The van der Waals surface area contributed by atoms with Gasteiger partial charge in [-0.25, -0.2) is 0 Å². The van der Waals surface area contributed by atoms with Crippen LogP contribution in [0.25, 0.3) is 0 Å². The molecule has 2 saturated heterocycles. The van der Waals surface area contributed by atoms with Crippen molar-refractivity contribution in [1.82, 2.24) is 20.0 Å². The number of carbonyl (C=O) groups excluding carboxylic acids is 1. The zero-order valence-electron chi connectivity index (χ0n) is 12.6. The second-order valence-electron chi connectivity index (χ2n) is 6.79. The van der Waals surface area contributed by atoms with Crippen molar-refractivity contribution < 1.29 is 4.79 Å². The van der Waals surface area contributed by atoms with Gasteiger partial charge in [0.2, 0.25) is 0 Å². The Morgan fingerprint density at radius 2 is 2.00 bits per heavy atom. The molecule has 1 aliphatic carbocycles.